The zero-order chi connectivity index (χ0) is 15.1. The van der Waals surface area contributed by atoms with Crippen molar-refractivity contribution in [2.45, 2.75) is 26.9 Å². The van der Waals surface area contributed by atoms with E-state index in [1.165, 1.54) is 22.3 Å². The largest absolute Gasteiger partial charge is 0.352 e. The van der Waals surface area contributed by atoms with E-state index in [1.807, 2.05) is 18.2 Å². The molecule has 2 aromatic carbocycles. The highest BCUT2D eigenvalue weighted by Gasteiger charge is 2.01. The fourth-order valence-electron chi connectivity index (χ4n) is 2.23. The number of benzene rings is 2. The Labute approximate surface area is 150 Å². The summed E-state index contributed by atoms with van der Waals surface area (Å²) in [5, 5.41) is 6.68. The molecule has 0 aliphatic carbocycles. The van der Waals surface area contributed by atoms with Crippen molar-refractivity contribution in [1.82, 2.24) is 10.6 Å². The second-order valence-electron chi connectivity index (χ2n) is 5.19. The summed E-state index contributed by atoms with van der Waals surface area (Å²) < 4.78 is 0. The molecule has 0 fully saturated rings. The highest BCUT2D eigenvalue weighted by atomic mass is 127. The van der Waals surface area contributed by atoms with E-state index in [9.17, 15) is 0 Å². The second-order valence-corrected chi connectivity index (χ2v) is 5.19. The molecule has 0 atom stereocenters. The number of hydrogen-bond donors (Lipinski definition) is 2. The smallest absolute Gasteiger partial charge is 0.191 e. The molecule has 0 amide bonds. The Morgan fingerprint density at radius 1 is 0.955 bits per heavy atom. The van der Waals surface area contributed by atoms with Crippen LogP contribution < -0.4 is 10.6 Å². The first kappa shape index (κ1) is 18.5. The molecule has 22 heavy (non-hydrogen) atoms. The lowest BCUT2D eigenvalue weighted by Gasteiger charge is -2.13. The molecule has 0 spiro atoms. The van der Waals surface area contributed by atoms with Crippen LogP contribution in [0.3, 0.4) is 0 Å². The van der Waals surface area contributed by atoms with Gasteiger partial charge in [-0.25, -0.2) is 0 Å². The maximum atomic E-state index is 4.26. The number of hydrogen-bond acceptors (Lipinski definition) is 1. The highest BCUT2D eigenvalue weighted by Crippen LogP contribution is 2.09. The monoisotopic (exact) mass is 409 g/mol. The fourth-order valence-corrected chi connectivity index (χ4v) is 2.23. The van der Waals surface area contributed by atoms with Crippen LogP contribution in [0.4, 0.5) is 0 Å². The van der Waals surface area contributed by atoms with E-state index in [2.05, 4.69) is 59.8 Å². The quantitative estimate of drug-likeness (QED) is 0.458. The predicted molar refractivity (Wildman–Crippen MR) is 105 cm³/mol. The van der Waals surface area contributed by atoms with Crippen LogP contribution in [0.25, 0.3) is 0 Å². The van der Waals surface area contributed by atoms with Crippen molar-refractivity contribution in [3.05, 3.63) is 70.8 Å². The molecule has 0 unspecified atom stereocenters. The van der Waals surface area contributed by atoms with Crippen molar-refractivity contribution in [2.75, 3.05) is 7.05 Å². The summed E-state index contributed by atoms with van der Waals surface area (Å²) in [5.41, 5.74) is 5.14. The van der Waals surface area contributed by atoms with Gasteiger partial charge in [0, 0.05) is 20.1 Å². The van der Waals surface area contributed by atoms with Crippen molar-refractivity contribution >= 4 is 29.9 Å². The lowest BCUT2D eigenvalue weighted by Crippen LogP contribution is -2.36. The van der Waals surface area contributed by atoms with Gasteiger partial charge in [0.2, 0.25) is 0 Å². The van der Waals surface area contributed by atoms with Crippen molar-refractivity contribution < 1.29 is 0 Å². The number of guanidine groups is 1. The molecule has 0 aliphatic heterocycles. The molecule has 0 saturated carbocycles. The minimum absolute atomic E-state index is 0. The molecule has 0 aliphatic rings. The summed E-state index contributed by atoms with van der Waals surface area (Å²) in [6.45, 7) is 5.81. The molecule has 0 saturated heterocycles. The van der Waals surface area contributed by atoms with Gasteiger partial charge in [0.25, 0.3) is 0 Å². The number of aliphatic imine (C=N–C) groups is 1. The fraction of sp³-hybridized carbons (Fsp3) is 0.278. The first-order valence-electron chi connectivity index (χ1n) is 7.23. The van der Waals surface area contributed by atoms with Gasteiger partial charge in [0.1, 0.15) is 0 Å². The average Bonchev–Trinajstić information content (AvgIpc) is 2.50. The van der Waals surface area contributed by atoms with Crippen molar-refractivity contribution in [1.29, 1.82) is 0 Å². The molecule has 2 aromatic rings. The standard InChI is InChI=1S/C18H23N3.HI/c1-14-9-10-17(15(2)11-14)13-21-18(19-3)20-12-16-7-5-4-6-8-16;/h4-11H,12-13H2,1-3H3,(H2,19,20,21);1H. The first-order valence-corrected chi connectivity index (χ1v) is 7.23. The van der Waals surface area contributed by atoms with Gasteiger partial charge in [-0.2, -0.15) is 0 Å². The maximum absolute atomic E-state index is 4.26. The number of nitrogens with one attached hydrogen (secondary N) is 2. The van der Waals surface area contributed by atoms with E-state index in [-0.39, 0.29) is 24.0 Å². The van der Waals surface area contributed by atoms with Crippen LogP contribution in [0.2, 0.25) is 0 Å². The third-order valence-corrected chi connectivity index (χ3v) is 3.47. The molecular weight excluding hydrogens is 385 g/mol. The van der Waals surface area contributed by atoms with Gasteiger partial charge in [-0.15, -0.1) is 24.0 Å². The van der Waals surface area contributed by atoms with E-state index < -0.39 is 0 Å². The van der Waals surface area contributed by atoms with E-state index in [0.717, 1.165) is 19.0 Å². The zero-order valence-electron chi connectivity index (χ0n) is 13.4. The molecule has 4 heteroatoms. The van der Waals surface area contributed by atoms with Gasteiger partial charge in [-0.1, -0.05) is 54.1 Å². The van der Waals surface area contributed by atoms with Crippen LogP contribution in [0.1, 0.15) is 22.3 Å². The predicted octanol–water partition coefficient (Wildman–Crippen LogP) is 3.79. The van der Waals surface area contributed by atoms with Crippen molar-refractivity contribution in [3.8, 4) is 0 Å². The molecule has 0 heterocycles. The minimum atomic E-state index is 0. The van der Waals surface area contributed by atoms with Gasteiger partial charge >= 0.3 is 0 Å². The lowest BCUT2D eigenvalue weighted by molar-refractivity contribution is 0.806. The minimum Gasteiger partial charge on any atom is -0.352 e. The summed E-state index contributed by atoms with van der Waals surface area (Å²) in [6, 6.07) is 16.8. The summed E-state index contributed by atoms with van der Waals surface area (Å²) in [7, 11) is 1.79. The van der Waals surface area contributed by atoms with Gasteiger partial charge < -0.3 is 10.6 Å². The Morgan fingerprint density at radius 3 is 2.27 bits per heavy atom. The van der Waals surface area contributed by atoms with Crippen molar-refractivity contribution in [2.24, 2.45) is 4.99 Å². The molecule has 2 N–H and O–H groups in total. The van der Waals surface area contributed by atoms with E-state index >= 15 is 0 Å². The first-order chi connectivity index (χ1) is 10.2. The van der Waals surface area contributed by atoms with E-state index in [0.29, 0.717) is 0 Å². The molecule has 0 bridgehead atoms. The molecule has 0 radical (unpaired) electrons. The molecule has 118 valence electrons. The molecular formula is C18H24IN3. The van der Waals surface area contributed by atoms with E-state index in [1.54, 1.807) is 7.05 Å². The van der Waals surface area contributed by atoms with Crippen LogP contribution >= 0.6 is 24.0 Å². The SMILES string of the molecule is CN=C(NCc1ccccc1)NCc1ccc(C)cc1C.I. The molecule has 3 nitrogen and oxygen atoms in total. The van der Waals surface area contributed by atoms with Gasteiger partial charge in [0.15, 0.2) is 5.96 Å². The Bertz CT molecular complexity index is 609. The molecule has 0 aromatic heterocycles. The van der Waals surface area contributed by atoms with Crippen LogP contribution in [-0.4, -0.2) is 13.0 Å². The van der Waals surface area contributed by atoms with E-state index in [4.69, 9.17) is 0 Å². The normalized spacial score (nSPS) is 10.8. The lowest BCUT2D eigenvalue weighted by atomic mass is 10.1. The number of nitrogens with zero attached hydrogens (tertiary/aromatic N) is 1. The highest BCUT2D eigenvalue weighted by molar-refractivity contribution is 14.0. The van der Waals surface area contributed by atoms with Gasteiger partial charge in [-0.3, -0.25) is 4.99 Å². The number of halogens is 1. The second kappa shape index (κ2) is 9.46. The summed E-state index contributed by atoms with van der Waals surface area (Å²) in [4.78, 5) is 4.26. The Kier molecular flexibility index (Phi) is 7.95. The topological polar surface area (TPSA) is 36.4 Å². The summed E-state index contributed by atoms with van der Waals surface area (Å²) in [6.07, 6.45) is 0. The van der Waals surface area contributed by atoms with Crippen LogP contribution in [0, 0.1) is 13.8 Å². The average molecular weight is 409 g/mol. The van der Waals surface area contributed by atoms with Crippen molar-refractivity contribution in [3.63, 3.8) is 0 Å². The van der Waals surface area contributed by atoms with Crippen LogP contribution in [-0.2, 0) is 13.1 Å². The summed E-state index contributed by atoms with van der Waals surface area (Å²) in [5.74, 6) is 0.818. The van der Waals surface area contributed by atoms with Gasteiger partial charge in [0.05, 0.1) is 0 Å². The Balaban J connectivity index is 0.00000242. The number of aryl methyl sites for hydroxylation is 2. The summed E-state index contributed by atoms with van der Waals surface area (Å²) >= 11 is 0. The third-order valence-electron chi connectivity index (χ3n) is 3.47. The zero-order valence-corrected chi connectivity index (χ0v) is 15.7. The maximum Gasteiger partial charge on any atom is 0.191 e. The van der Waals surface area contributed by atoms with Gasteiger partial charge in [-0.05, 0) is 30.5 Å². The molecule has 2 rings (SSSR count). The van der Waals surface area contributed by atoms with Crippen LogP contribution in [0.15, 0.2) is 53.5 Å². The Hall–Kier alpha value is -1.56. The number of rotatable bonds is 4. The third kappa shape index (κ3) is 5.67. The Morgan fingerprint density at radius 2 is 1.64 bits per heavy atom. The van der Waals surface area contributed by atoms with Crippen LogP contribution in [0.5, 0.6) is 0 Å².